The van der Waals surface area contributed by atoms with Crippen LogP contribution in [0.5, 0.6) is 0 Å². The fraction of sp³-hybridized carbons (Fsp3) is 0.846. The average molecular weight is 212 g/mol. The van der Waals surface area contributed by atoms with E-state index >= 15 is 0 Å². The fourth-order valence-electron chi connectivity index (χ4n) is 2.06. The first-order valence-corrected chi connectivity index (χ1v) is 6.07. The third-order valence-corrected chi connectivity index (χ3v) is 2.80. The third-order valence-electron chi connectivity index (χ3n) is 2.80. The van der Waals surface area contributed by atoms with E-state index in [-0.39, 0.29) is 12.2 Å². The van der Waals surface area contributed by atoms with Gasteiger partial charge in [0.15, 0.2) is 5.79 Å². The highest BCUT2D eigenvalue weighted by atomic mass is 16.7. The molecule has 88 valence electrons. The van der Waals surface area contributed by atoms with E-state index in [2.05, 4.69) is 13.5 Å². The Morgan fingerprint density at radius 3 is 2.53 bits per heavy atom. The lowest BCUT2D eigenvalue weighted by molar-refractivity contribution is -0.143. The zero-order valence-corrected chi connectivity index (χ0v) is 10.3. The van der Waals surface area contributed by atoms with Crippen molar-refractivity contribution in [1.29, 1.82) is 0 Å². The van der Waals surface area contributed by atoms with Crippen LogP contribution in [0.3, 0.4) is 0 Å². The number of rotatable bonds is 6. The summed E-state index contributed by atoms with van der Waals surface area (Å²) in [5.74, 6) is -0.436. The zero-order valence-electron chi connectivity index (χ0n) is 10.3. The molecule has 0 saturated carbocycles. The van der Waals surface area contributed by atoms with Gasteiger partial charge in [0.1, 0.15) is 6.10 Å². The van der Waals surface area contributed by atoms with Crippen molar-refractivity contribution in [2.45, 2.75) is 70.9 Å². The second-order valence-electron chi connectivity index (χ2n) is 4.72. The summed E-state index contributed by atoms with van der Waals surface area (Å²) in [6.45, 7) is 9.96. The van der Waals surface area contributed by atoms with Gasteiger partial charge < -0.3 is 9.47 Å². The van der Waals surface area contributed by atoms with Crippen LogP contribution >= 0.6 is 0 Å². The SMILES string of the molecule is C=CC1OC(C)(C)OC1CCCCCC. The Labute approximate surface area is 93.7 Å². The van der Waals surface area contributed by atoms with E-state index in [1.165, 1.54) is 25.7 Å². The lowest BCUT2D eigenvalue weighted by atomic mass is 10.1. The lowest BCUT2D eigenvalue weighted by Gasteiger charge is -2.16. The molecule has 2 nitrogen and oxygen atoms in total. The van der Waals surface area contributed by atoms with Gasteiger partial charge in [-0.3, -0.25) is 0 Å². The van der Waals surface area contributed by atoms with Crippen LogP contribution in [0.15, 0.2) is 12.7 Å². The molecule has 2 unspecified atom stereocenters. The molecule has 1 aliphatic heterocycles. The molecule has 1 aliphatic rings. The number of hydrogen-bond acceptors (Lipinski definition) is 2. The van der Waals surface area contributed by atoms with E-state index in [9.17, 15) is 0 Å². The number of unbranched alkanes of at least 4 members (excludes halogenated alkanes) is 3. The molecule has 0 spiro atoms. The summed E-state index contributed by atoms with van der Waals surface area (Å²) < 4.78 is 11.6. The summed E-state index contributed by atoms with van der Waals surface area (Å²) in [6, 6.07) is 0. The van der Waals surface area contributed by atoms with Crippen LogP contribution < -0.4 is 0 Å². The smallest absolute Gasteiger partial charge is 0.164 e. The van der Waals surface area contributed by atoms with Gasteiger partial charge in [-0.1, -0.05) is 38.7 Å². The van der Waals surface area contributed by atoms with Crippen LogP contribution in [0.2, 0.25) is 0 Å². The highest BCUT2D eigenvalue weighted by molar-refractivity contribution is 4.92. The summed E-state index contributed by atoms with van der Waals surface area (Å²) in [5.41, 5.74) is 0. The first-order chi connectivity index (χ1) is 7.09. The quantitative estimate of drug-likeness (QED) is 0.494. The molecular formula is C13H24O2. The summed E-state index contributed by atoms with van der Waals surface area (Å²) in [5, 5.41) is 0. The van der Waals surface area contributed by atoms with Crippen molar-refractivity contribution in [3.8, 4) is 0 Å². The second kappa shape index (κ2) is 5.66. The highest BCUT2D eigenvalue weighted by Gasteiger charge is 2.38. The predicted octanol–water partition coefficient (Wildman–Crippen LogP) is 3.66. The first kappa shape index (κ1) is 12.7. The average Bonchev–Trinajstić information content (AvgIpc) is 2.48. The molecule has 0 aromatic rings. The maximum Gasteiger partial charge on any atom is 0.164 e. The lowest BCUT2D eigenvalue weighted by Crippen LogP contribution is -2.21. The third kappa shape index (κ3) is 3.96. The molecule has 0 aliphatic carbocycles. The molecule has 0 radical (unpaired) electrons. The van der Waals surface area contributed by atoms with Gasteiger partial charge in [0.25, 0.3) is 0 Å². The van der Waals surface area contributed by atoms with Gasteiger partial charge in [-0.05, 0) is 20.3 Å². The zero-order chi connectivity index (χ0) is 11.3. The van der Waals surface area contributed by atoms with E-state index in [4.69, 9.17) is 9.47 Å². The molecule has 1 heterocycles. The minimum Gasteiger partial charge on any atom is -0.344 e. The van der Waals surface area contributed by atoms with Gasteiger partial charge in [-0.25, -0.2) is 0 Å². The normalized spacial score (nSPS) is 29.3. The summed E-state index contributed by atoms with van der Waals surface area (Å²) >= 11 is 0. The van der Waals surface area contributed by atoms with E-state index in [0.29, 0.717) is 0 Å². The van der Waals surface area contributed by atoms with E-state index in [1.807, 2.05) is 19.9 Å². The Kier molecular flexibility index (Phi) is 4.81. The van der Waals surface area contributed by atoms with Crippen LogP contribution in [-0.4, -0.2) is 18.0 Å². The van der Waals surface area contributed by atoms with Crippen molar-refractivity contribution in [2.24, 2.45) is 0 Å². The summed E-state index contributed by atoms with van der Waals surface area (Å²) in [7, 11) is 0. The van der Waals surface area contributed by atoms with Gasteiger partial charge in [0.2, 0.25) is 0 Å². The molecule has 0 bridgehead atoms. The largest absolute Gasteiger partial charge is 0.344 e. The fourth-order valence-corrected chi connectivity index (χ4v) is 2.06. The first-order valence-electron chi connectivity index (χ1n) is 6.07. The van der Waals surface area contributed by atoms with Gasteiger partial charge in [0, 0.05) is 0 Å². The minimum absolute atomic E-state index is 0.0710. The van der Waals surface area contributed by atoms with Crippen molar-refractivity contribution in [2.75, 3.05) is 0 Å². The maximum atomic E-state index is 5.84. The molecule has 1 rings (SSSR count). The van der Waals surface area contributed by atoms with E-state index < -0.39 is 5.79 Å². The number of ether oxygens (including phenoxy) is 2. The van der Waals surface area contributed by atoms with Crippen LogP contribution in [0.25, 0.3) is 0 Å². The van der Waals surface area contributed by atoms with E-state index in [0.717, 1.165) is 6.42 Å². The van der Waals surface area contributed by atoms with Crippen molar-refractivity contribution in [3.63, 3.8) is 0 Å². The Hall–Kier alpha value is -0.340. The van der Waals surface area contributed by atoms with Crippen LogP contribution in [0.4, 0.5) is 0 Å². The maximum absolute atomic E-state index is 5.84. The summed E-state index contributed by atoms with van der Waals surface area (Å²) in [6.07, 6.45) is 8.33. The molecule has 2 heteroatoms. The Morgan fingerprint density at radius 1 is 1.20 bits per heavy atom. The summed E-state index contributed by atoms with van der Waals surface area (Å²) in [4.78, 5) is 0. The standard InChI is InChI=1S/C13H24O2/c1-5-7-8-9-10-12-11(6-2)14-13(3,4)15-12/h6,11-12H,2,5,7-10H2,1,3-4H3. The molecule has 0 aromatic carbocycles. The molecule has 2 atom stereocenters. The van der Waals surface area contributed by atoms with Crippen LogP contribution in [0.1, 0.15) is 52.9 Å². The van der Waals surface area contributed by atoms with E-state index in [1.54, 1.807) is 0 Å². The van der Waals surface area contributed by atoms with Crippen molar-refractivity contribution in [1.82, 2.24) is 0 Å². The topological polar surface area (TPSA) is 18.5 Å². The Bertz CT molecular complexity index is 199. The molecule has 0 aromatic heterocycles. The second-order valence-corrected chi connectivity index (χ2v) is 4.72. The molecule has 1 fully saturated rings. The monoisotopic (exact) mass is 212 g/mol. The van der Waals surface area contributed by atoms with Crippen molar-refractivity contribution >= 4 is 0 Å². The predicted molar refractivity (Wildman–Crippen MR) is 62.8 cm³/mol. The number of hydrogen-bond donors (Lipinski definition) is 0. The van der Waals surface area contributed by atoms with Crippen LogP contribution in [0, 0.1) is 0 Å². The molecule has 1 saturated heterocycles. The molecule has 0 amide bonds. The van der Waals surface area contributed by atoms with Gasteiger partial charge in [-0.2, -0.15) is 0 Å². The highest BCUT2D eigenvalue weighted by Crippen LogP contribution is 2.31. The molecule has 0 N–H and O–H groups in total. The Balaban J connectivity index is 2.30. The van der Waals surface area contributed by atoms with Gasteiger partial charge in [-0.15, -0.1) is 6.58 Å². The molecular weight excluding hydrogens is 188 g/mol. The van der Waals surface area contributed by atoms with Gasteiger partial charge >= 0.3 is 0 Å². The van der Waals surface area contributed by atoms with Gasteiger partial charge in [0.05, 0.1) is 6.10 Å². The Morgan fingerprint density at radius 2 is 1.93 bits per heavy atom. The van der Waals surface area contributed by atoms with Crippen molar-refractivity contribution < 1.29 is 9.47 Å². The van der Waals surface area contributed by atoms with Crippen LogP contribution in [-0.2, 0) is 9.47 Å². The van der Waals surface area contributed by atoms with Crippen molar-refractivity contribution in [3.05, 3.63) is 12.7 Å². The minimum atomic E-state index is -0.436. The molecule has 15 heavy (non-hydrogen) atoms.